The molecule has 0 radical (unpaired) electrons. The summed E-state index contributed by atoms with van der Waals surface area (Å²) in [7, 11) is -1.53. The number of thioether (sulfide) groups is 1. The van der Waals surface area contributed by atoms with Crippen molar-refractivity contribution < 1.29 is 27.1 Å². The average molecular weight is 553 g/mol. The van der Waals surface area contributed by atoms with Gasteiger partial charge in [-0.3, -0.25) is 9.10 Å². The first kappa shape index (κ1) is 27.6. The summed E-state index contributed by atoms with van der Waals surface area (Å²) in [6, 6.07) is 16.9. The van der Waals surface area contributed by atoms with Gasteiger partial charge < -0.3 is 14.8 Å². The van der Waals surface area contributed by atoms with Crippen LogP contribution in [0, 0.1) is 5.82 Å². The van der Waals surface area contributed by atoms with E-state index in [1.54, 1.807) is 11.8 Å². The minimum atomic E-state index is -4.33. The maximum atomic E-state index is 14.6. The number of nitrogens with one attached hydrogen (secondary N) is 1. The number of hydrogen-bond donors (Lipinski definition) is 1. The third-order valence-electron chi connectivity index (χ3n) is 5.14. The van der Waals surface area contributed by atoms with E-state index < -0.39 is 28.3 Å². The number of ether oxygens (including phenoxy) is 2. The van der Waals surface area contributed by atoms with E-state index in [0.717, 1.165) is 15.9 Å². The van der Waals surface area contributed by atoms with Crippen molar-refractivity contribution in [1.29, 1.82) is 0 Å². The Balaban J connectivity index is 1.73. The van der Waals surface area contributed by atoms with E-state index in [2.05, 4.69) is 5.32 Å². The smallest absolute Gasteiger partial charge is 0.265 e. The Bertz CT molecular complexity index is 1310. The Morgan fingerprint density at radius 1 is 1.03 bits per heavy atom. The lowest BCUT2D eigenvalue weighted by molar-refractivity contribution is -0.119. The van der Waals surface area contributed by atoms with Crippen LogP contribution in [0.5, 0.6) is 11.5 Å². The van der Waals surface area contributed by atoms with E-state index in [-0.39, 0.29) is 16.3 Å². The fourth-order valence-corrected chi connectivity index (χ4v) is 5.89. The number of methoxy groups -OCH3 is 2. The van der Waals surface area contributed by atoms with Crippen molar-refractivity contribution in [3.63, 3.8) is 0 Å². The van der Waals surface area contributed by atoms with Crippen LogP contribution in [0.4, 0.5) is 10.1 Å². The summed E-state index contributed by atoms with van der Waals surface area (Å²) in [5, 5.41) is 3.38. The van der Waals surface area contributed by atoms with Gasteiger partial charge in [0.05, 0.1) is 24.8 Å². The fraction of sp³-hybridized carbons (Fsp3) is 0.240. The minimum Gasteiger partial charge on any atom is -0.493 e. The summed E-state index contributed by atoms with van der Waals surface area (Å²) >= 11 is 7.73. The van der Waals surface area contributed by atoms with Gasteiger partial charge in [-0.15, -0.1) is 0 Å². The highest BCUT2D eigenvalue weighted by atomic mass is 35.5. The summed E-state index contributed by atoms with van der Waals surface area (Å²) < 4.78 is 52.8. The van der Waals surface area contributed by atoms with Crippen molar-refractivity contribution >= 4 is 45.0 Å². The number of anilines is 1. The van der Waals surface area contributed by atoms with Crippen molar-refractivity contribution in [1.82, 2.24) is 5.32 Å². The maximum Gasteiger partial charge on any atom is 0.265 e. The molecule has 0 fully saturated rings. The molecule has 11 heteroatoms. The van der Waals surface area contributed by atoms with Crippen LogP contribution in [0.3, 0.4) is 0 Å². The van der Waals surface area contributed by atoms with Crippen molar-refractivity contribution in [2.24, 2.45) is 0 Å². The number of hydrogen-bond acceptors (Lipinski definition) is 6. The molecule has 0 atom stereocenters. The number of para-hydroxylation sites is 1. The first-order valence-electron chi connectivity index (χ1n) is 10.8. The number of carbonyl (C=O) groups excluding carboxylic acids is 1. The van der Waals surface area contributed by atoms with Crippen LogP contribution in [-0.2, 0) is 20.6 Å². The third-order valence-corrected chi connectivity index (χ3v) is 8.27. The Morgan fingerprint density at radius 2 is 1.72 bits per heavy atom. The summed E-state index contributed by atoms with van der Waals surface area (Å²) in [5.74, 6) is 0.433. The van der Waals surface area contributed by atoms with Gasteiger partial charge in [-0.25, -0.2) is 12.8 Å². The molecule has 3 aromatic rings. The molecule has 0 spiro atoms. The van der Waals surface area contributed by atoms with Crippen molar-refractivity contribution in [2.45, 2.75) is 10.6 Å². The number of benzene rings is 3. The fourth-order valence-electron chi connectivity index (χ4n) is 3.30. The zero-order valence-electron chi connectivity index (χ0n) is 19.7. The number of carbonyl (C=O) groups is 1. The second-order valence-electron chi connectivity index (χ2n) is 7.47. The van der Waals surface area contributed by atoms with E-state index in [4.69, 9.17) is 21.1 Å². The second-order valence-corrected chi connectivity index (χ2v) is 10.8. The lowest BCUT2D eigenvalue weighted by atomic mass is 10.2. The highest BCUT2D eigenvalue weighted by Crippen LogP contribution is 2.32. The summed E-state index contributed by atoms with van der Waals surface area (Å²) in [6.07, 6.45) is 0. The van der Waals surface area contributed by atoms with Crippen LogP contribution in [0.1, 0.15) is 5.56 Å². The van der Waals surface area contributed by atoms with E-state index in [9.17, 15) is 17.6 Å². The van der Waals surface area contributed by atoms with Crippen molar-refractivity contribution in [3.8, 4) is 11.5 Å². The highest BCUT2D eigenvalue weighted by Gasteiger charge is 2.30. The summed E-state index contributed by atoms with van der Waals surface area (Å²) in [6.45, 7) is -0.303. The van der Waals surface area contributed by atoms with Crippen LogP contribution in [0.2, 0.25) is 5.02 Å². The number of rotatable bonds is 12. The molecule has 0 heterocycles. The monoisotopic (exact) mass is 552 g/mol. The van der Waals surface area contributed by atoms with Gasteiger partial charge in [-0.2, -0.15) is 11.8 Å². The number of halogens is 2. The van der Waals surface area contributed by atoms with Gasteiger partial charge in [0.25, 0.3) is 10.0 Å². The molecule has 0 bridgehead atoms. The van der Waals surface area contributed by atoms with Gasteiger partial charge in [0, 0.05) is 29.1 Å². The number of amides is 1. The van der Waals surface area contributed by atoms with Gasteiger partial charge in [0.1, 0.15) is 12.4 Å². The first-order chi connectivity index (χ1) is 17.3. The summed E-state index contributed by atoms with van der Waals surface area (Å²) in [4.78, 5) is 12.5. The summed E-state index contributed by atoms with van der Waals surface area (Å²) in [5.41, 5.74) is 0.748. The first-order valence-corrected chi connectivity index (χ1v) is 13.8. The van der Waals surface area contributed by atoms with E-state index in [1.165, 1.54) is 50.6 Å². The Kier molecular flexibility index (Phi) is 9.86. The topological polar surface area (TPSA) is 84.9 Å². The molecule has 0 saturated carbocycles. The van der Waals surface area contributed by atoms with E-state index in [1.807, 2.05) is 24.3 Å². The largest absolute Gasteiger partial charge is 0.493 e. The zero-order chi connectivity index (χ0) is 26.1. The van der Waals surface area contributed by atoms with Crippen LogP contribution in [-0.4, -0.2) is 47.4 Å². The van der Waals surface area contributed by atoms with Gasteiger partial charge in [0.15, 0.2) is 11.5 Å². The predicted octanol–water partition coefficient (Wildman–Crippen LogP) is 4.74. The molecule has 0 aromatic heterocycles. The Hall–Kier alpha value is -2.95. The van der Waals surface area contributed by atoms with Crippen LogP contribution in [0.25, 0.3) is 0 Å². The molecule has 0 aliphatic rings. The van der Waals surface area contributed by atoms with Crippen molar-refractivity contribution in [2.75, 3.05) is 37.4 Å². The molecular formula is C25H26ClFN2O5S2. The molecule has 36 heavy (non-hydrogen) atoms. The predicted molar refractivity (Wildman–Crippen MR) is 141 cm³/mol. The SMILES string of the molecule is COc1ccc(S(=O)(=O)N(CC(=O)NCCSCc2ccccc2Cl)c2ccccc2F)cc1OC. The second kappa shape index (κ2) is 12.8. The van der Waals surface area contributed by atoms with Crippen LogP contribution < -0.4 is 19.1 Å². The van der Waals surface area contributed by atoms with Crippen molar-refractivity contribution in [3.05, 3.63) is 83.1 Å². The highest BCUT2D eigenvalue weighted by molar-refractivity contribution is 7.98. The third kappa shape index (κ3) is 6.83. The van der Waals surface area contributed by atoms with E-state index >= 15 is 0 Å². The Labute approximate surface area is 219 Å². The normalized spacial score (nSPS) is 11.1. The van der Waals surface area contributed by atoms with Crippen LogP contribution in [0.15, 0.2) is 71.6 Å². The molecule has 1 amide bonds. The quantitative estimate of drug-likeness (QED) is 0.327. The molecule has 0 aliphatic heterocycles. The molecule has 0 unspecified atom stereocenters. The zero-order valence-corrected chi connectivity index (χ0v) is 22.1. The number of sulfonamides is 1. The van der Waals surface area contributed by atoms with E-state index in [0.29, 0.717) is 28.8 Å². The number of nitrogens with zero attached hydrogens (tertiary/aromatic N) is 1. The molecular weight excluding hydrogens is 527 g/mol. The molecule has 0 saturated heterocycles. The van der Waals surface area contributed by atoms with Gasteiger partial charge in [-0.05, 0) is 35.9 Å². The molecule has 7 nitrogen and oxygen atoms in total. The molecule has 192 valence electrons. The lowest BCUT2D eigenvalue weighted by Gasteiger charge is -2.25. The minimum absolute atomic E-state index is 0.175. The van der Waals surface area contributed by atoms with Crippen LogP contribution >= 0.6 is 23.4 Å². The lowest BCUT2D eigenvalue weighted by Crippen LogP contribution is -2.41. The molecule has 1 N–H and O–H groups in total. The maximum absolute atomic E-state index is 14.6. The standard InChI is InChI=1S/C25H26ClFN2O5S2/c1-33-23-12-11-19(15-24(23)34-2)36(31,32)29(22-10-6-5-9-21(22)27)16-25(30)28-13-14-35-17-18-7-3-4-8-20(18)26/h3-12,15H,13-14,16-17H2,1-2H3,(H,28,30). The molecule has 3 rings (SSSR count). The van der Waals surface area contributed by atoms with Gasteiger partial charge in [-0.1, -0.05) is 41.9 Å². The average Bonchev–Trinajstić information content (AvgIpc) is 2.88. The molecule has 0 aliphatic carbocycles. The molecule has 3 aromatic carbocycles. The Morgan fingerprint density at radius 3 is 2.42 bits per heavy atom. The van der Waals surface area contributed by atoms with Gasteiger partial charge >= 0.3 is 0 Å². The van der Waals surface area contributed by atoms with Gasteiger partial charge in [0.2, 0.25) is 5.91 Å².